The highest BCUT2D eigenvalue weighted by atomic mass is 32.1. The molecule has 0 saturated heterocycles. The van der Waals surface area contributed by atoms with Gasteiger partial charge >= 0.3 is 0 Å². The molecular weight excluding hydrogens is 238 g/mol. The molecule has 2 rings (SSSR count). The lowest BCUT2D eigenvalue weighted by atomic mass is 10.1. The second-order valence-corrected chi connectivity index (χ2v) is 4.35. The van der Waals surface area contributed by atoms with Gasteiger partial charge in [0.15, 0.2) is 0 Å². The first-order chi connectivity index (χ1) is 8.33. The van der Waals surface area contributed by atoms with Gasteiger partial charge in [-0.15, -0.1) is 0 Å². The average molecular weight is 253 g/mol. The van der Waals surface area contributed by atoms with Gasteiger partial charge in [-0.05, 0) is 18.6 Å². The van der Waals surface area contributed by atoms with Crippen LogP contribution in [0.4, 0.5) is 5.13 Å². The number of hydrogen-bond acceptors (Lipinski definition) is 6. The van der Waals surface area contributed by atoms with Crippen molar-refractivity contribution in [3.8, 4) is 0 Å². The fourth-order valence-corrected chi connectivity index (χ4v) is 2.21. The van der Waals surface area contributed by atoms with Crippen molar-refractivity contribution in [2.75, 3.05) is 11.9 Å². The largest absolute Gasteiger partial charge is 0.467 e. The molecule has 17 heavy (non-hydrogen) atoms. The molecule has 0 fully saturated rings. The molecule has 0 radical (unpaired) electrons. The predicted octanol–water partition coefficient (Wildman–Crippen LogP) is 2.23. The topological polar surface area (TPSA) is 71.2 Å². The first kappa shape index (κ1) is 12.1. The fourth-order valence-electron chi connectivity index (χ4n) is 1.51. The van der Waals surface area contributed by atoms with Crippen molar-refractivity contribution < 1.29 is 9.52 Å². The van der Waals surface area contributed by atoms with Gasteiger partial charge in [-0.1, -0.05) is 6.92 Å². The van der Waals surface area contributed by atoms with Crippen LogP contribution in [-0.2, 0) is 6.42 Å². The molecule has 0 aliphatic rings. The summed E-state index contributed by atoms with van der Waals surface area (Å²) in [6, 6.07) is 3.65. The van der Waals surface area contributed by atoms with Crippen molar-refractivity contribution in [3.63, 3.8) is 0 Å². The van der Waals surface area contributed by atoms with Crippen LogP contribution in [0.3, 0.4) is 0 Å². The third-order valence-electron chi connectivity index (χ3n) is 2.39. The summed E-state index contributed by atoms with van der Waals surface area (Å²) in [6.45, 7) is 2.11. The fraction of sp³-hybridized carbons (Fsp3) is 0.455. The Morgan fingerprint density at radius 1 is 1.59 bits per heavy atom. The van der Waals surface area contributed by atoms with E-state index in [1.807, 2.05) is 19.1 Å². The molecule has 2 heterocycles. The van der Waals surface area contributed by atoms with Crippen LogP contribution < -0.4 is 5.32 Å². The monoisotopic (exact) mass is 253 g/mol. The Morgan fingerprint density at radius 2 is 2.47 bits per heavy atom. The van der Waals surface area contributed by atoms with Gasteiger partial charge in [0, 0.05) is 24.6 Å². The molecule has 0 aliphatic carbocycles. The molecule has 0 spiro atoms. The lowest BCUT2D eigenvalue weighted by Crippen LogP contribution is -2.11. The zero-order valence-electron chi connectivity index (χ0n) is 9.59. The summed E-state index contributed by atoms with van der Waals surface area (Å²) in [5.74, 6) is 1.63. The van der Waals surface area contributed by atoms with Crippen LogP contribution in [0.1, 0.15) is 31.0 Å². The molecule has 0 aromatic carbocycles. The second kappa shape index (κ2) is 5.79. The van der Waals surface area contributed by atoms with Gasteiger partial charge in [0.2, 0.25) is 5.13 Å². The predicted molar refractivity (Wildman–Crippen MR) is 66.1 cm³/mol. The van der Waals surface area contributed by atoms with E-state index in [1.165, 1.54) is 11.5 Å². The lowest BCUT2D eigenvalue weighted by molar-refractivity contribution is 0.273. The maximum atomic E-state index is 9.05. The lowest BCUT2D eigenvalue weighted by Gasteiger charge is -2.13. The van der Waals surface area contributed by atoms with Crippen molar-refractivity contribution in [2.24, 2.45) is 0 Å². The summed E-state index contributed by atoms with van der Waals surface area (Å²) >= 11 is 1.33. The van der Waals surface area contributed by atoms with Gasteiger partial charge in [0.25, 0.3) is 0 Å². The highest BCUT2D eigenvalue weighted by Gasteiger charge is 2.15. The third kappa shape index (κ3) is 3.04. The van der Waals surface area contributed by atoms with Gasteiger partial charge in [-0.25, -0.2) is 4.98 Å². The molecule has 0 amide bonds. The Kier molecular flexibility index (Phi) is 4.11. The number of anilines is 1. The van der Waals surface area contributed by atoms with E-state index in [2.05, 4.69) is 14.7 Å². The van der Waals surface area contributed by atoms with Gasteiger partial charge in [0.05, 0.1) is 12.3 Å². The number of aromatic nitrogens is 2. The Hall–Kier alpha value is -1.40. The summed E-state index contributed by atoms with van der Waals surface area (Å²) in [5.41, 5.74) is 0. The number of nitrogens with one attached hydrogen (secondary N) is 1. The van der Waals surface area contributed by atoms with Gasteiger partial charge in [0.1, 0.15) is 11.6 Å². The summed E-state index contributed by atoms with van der Waals surface area (Å²) in [6.07, 6.45) is 3.02. The minimum absolute atomic E-state index is 0.0624. The summed E-state index contributed by atoms with van der Waals surface area (Å²) in [5, 5.41) is 13.0. The molecule has 1 unspecified atom stereocenters. The van der Waals surface area contributed by atoms with Crippen LogP contribution in [0.15, 0.2) is 22.8 Å². The van der Waals surface area contributed by atoms with Crippen LogP contribution >= 0.6 is 11.5 Å². The maximum Gasteiger partial charge on any atom is 0.203 e. The molecule has 2 aromatic rings. The van der Waals surface area contributed by atoms with E-state index >= 15 is 0 Å². The zero-order valence-corrected chi connectivity index (χ0v) is 10.4. The molecule has 2 aromatic heterocycles. The molecule has 0 bridgehead atoms. The number of hydrogen-bond donors (Lipinski definition) is 2. The van der Waals surface area contributed by atoms with E-state index < -0.39 is 0 Å². The average Bonchev–Trinajstić information content (AvgIpc) is 2.99. The number of rotatable bonds is 6. The maximum absolute atomic E-state index is 9.05. The van der Waals surface area contributed by atoms with Crippen LogP contribution in [-0.4, -0.2) is 21.1 Å². The molecular formula is C11H15N3O2S. The summed E-state index contributed by atoms with van der Waals surface area (Å²) < 4.78 is 9.54. The van der Waals surface area contributed by atoms with E-state index in [4.69, 9.17) is 9.52 Å². The minimum atomic E-state index is -0.0624. The van der Waals surface area contributed by atoms with Crippen molar-refractivity contribution >= 4 is 16.7 Å². The SMILES string of the molecule is CCc1nsc(NC(CCO)c2ccco2)n1. The normalized spacial score (nSPS) is 12.6. The van der Waals surface area contributed by atoms with Gasteiger partial charge < -0.3 is 14.8 Å². The molecule has 0 saturated carbocycles. The van der Waals surface area contributed by atoms with Gasteiger partial charge in [-0.2, -0.15) is 4.37 Å². The number of nitrogens with zero attached hydrogens (tertiary/aromatic N) is 2. The Labute approximate surface area is 104 Å². The van der Waals surface area contributed by atoms with Crippen molar-refractivity contribution in [1.29, 1.82) is 0 Å². The third-order valence-corrected chi connectivity index (χ3v) is 3.07. The van der Waals surface area contributed by atoms with Crippen LogP contribution in [0.5, 0.6) is 0 Å². The van der Waals surface area contributed by atoms with E-state index in [0.29, 0.717) is 6.42 Å². The Morgan fingerprint density at radius 3 is 3.06 bits per heavy atom. The van der Waals surface area contributed by atoms with E-state index in [1.54, 1.807) is 6.26 Å². The number of aryl methyl sites for hydroxylation is 1. The highest BCUT2D eigenvalue weighted by Crippen LogP contribution is 2.23. The Balaban J connectivity index is 2.07. The molecule has 2 N–H and O–H groups in total. The number of furan rings is 1. The molecule has 6 heteroatoms. The molecule has 5 nitrogen and oxygen atoms in total. The van der Waals surface area contributed by atoms with E-state index in [-0.39, 0.29) is 12.6 Å². The molecule has 0 aliphatic heterocycles. The van der Waals surface area contributed by atoms with Crippen LogP contribution in [0, 0.1) is 0 Å². The molecule has 92 valence electrons. The smallest absolute Gasteiger partial charge is 0.203 e. The zero-order chi connectivity index (χ0) is 12.1. The van der Waals surface area contributed by atoms with Crippen LogP contribution in [0.25, 0.3) is 0 Å². The summed E-state index contributed by atoms with van der Waals surface area (Å²) in [7, 11) is 0. The minimum Gasteiger partial charge on any atom is -0.467 e. The second-order valence-electron chi connectivity index (χ2n) is 3.59. The first-order valence-corrected chi connectivity index (χ1v) is 6.34. The van der Waals surface area contributed by atoms with Crippen molar-refractivity contribution in [2.45, 2.75) is 25.8 Å². The van der Waals surface area contributed by atoms with E-state index in [0.717, 1.165) is 23.1 Å². The quantitative estimate of drug-likeness (QED) is 0.826. The van der Waals surface area contributed by atoms with Crippen LogP contribution in [0.2, 0.25) is 0 Å². The molecule has 1 atom stereocenters. The Bertz CT molecular complexity index is 441. The number of aliphatic hydroxyl groups excluding tert-OH is 1. The highest BCUT2D eigenvalue weighted by molar-refractivity contribution is 7.09. The standard InChI is InChI=1S/C11H15N3O2S/c1-2-10-13-11(17-14-10)12-8(5-6-15)9-4-3-7-16-9/h3-4,7-8,15H,2,5-6H2,1H3,(H,12,13,14). The van der Waals surface area contributed by atoms with E-state index in [9.17, 15) is 0 Å². The number of aliphatic hydroxyl groups is 1. The summed E-state index contributed by atoms with van der Waals surface area (Å²) in [4.78, 5) is 4.33. The van der Waals surface area contributed by atoms with Crippen molar-refractivity contribution in [1.82, 2.24) is 9.36 Å². The first-order valence-electron chi connectivity index (χ1n) is 5.57. The van der Waals surface area contributed by atoms with Gasteiger partial charge in [-0.3, -0.25) is 0 Å². The van der Waals surface area contributed by atoms with Crippen molar-refractivity contribution in [3.05, 3.63) is 30.0 Å².